The molecule has 0 fully saturated rings. The Balaban J connectivity index is 2.29. The molecule has 6 heteroatoms. The standard InChI is InChI=1S/C12H14N4O2/c1-17-8-3-4-10(18-2)9(5-8)16-12-7-14-11(13)6-15-12/h3-7H,1-2H3,(H2,13,14)(H,15,16). The number of methoxy groups -OCH3 is 2. The number of nitrogens with zero attached hydrogens (tertiary/aromatic N) is 2. The van der Waals surface area contributed by atoms with Gasteiger partial charge in [-0.05, 0) is 12.1 Å². The lowest BCUT2D eigenvalue weighted by molar-refractivity contribution is 0.405. The average molecular weight is 246 g/mol. The molecule has 1 aromatic carbocycles. The lowest BCUT2D eigenvalue weighted by Gasteiger charge is -2.11. The summed E-state index contributed by atoms with van der Waals surface area (Å²) in [6, 6.07) is 5.45. The Hall–Kier alpha value is -2.50. The molecule has 94 valence electrons. The summed E-state index contributed by atoms with van der Waals surface area (Å²) < 4.78 is 10.4. The molecule has 18 heavy (non-hydrogen) atoms. The molecule has 0 aliphatic rings. The maximum absolute atomic E-state index is 5.48. The van der Waals surface area contributed by atoms with Gasteiger partial charge in [0.05, 0.1) is 32.3 Å². The molecule has 1 aromatic heterocycles. The smallest absolute Gasteiger partial charge is 0.149 e. The molecule has 0 saturated carbocycles. The van der Waals surface area contributed by atoms with Gasteiger partial charge in [-0.25, -0.2) is 9.97 Å². The van der Waals surface area contributed by atoms with Crippen LogP contribution in [0.5, 0.6) is 11.5 Å². The van der Waals surface area contributed by atoms with Crippen LogP contribution in [0.1, 0.15) is 0 Å². The summed E-state index contributed by atoms with van der Waals surface area (Å²) in [6.07, 6.45) is 3.03. The third kappa shape index (κ3) is 2.60. The minimum Gasteiger partial charge on any atom is -0.497 e. The van der Waals surface area contributed by atoms with Gasteiger partial charge in [0.15, 0.2) is 0 Å². The predicted octanol–water partition coefficient (Wildman–Crippen LogP) is 1.82. The first-order chi connectivity index (χ1) is 8.72. The van der Waals surface area contributed by atoms with Crippen LogP contribution in [0.4, 0.5) is 17.3 Å². The number of nitrogen functional groups attached to an aromatic ring is 1. The van der Waals surface area contributed by atoms with Gasteiger partial charge in [0, 0.05) is 6.07 Å². The molecule has 0 aliphatic heterocycles. The van der Waals surface area contributed by atoms with Crippen LogP contribution in [-0.4, -0.2) is 24.2 Å². The third-order valence-corrected chi connectivity index (χ3v) is 2.34. The van der Waals surface area contributed by atoms with Gasteiger partial charge in [-0.3, -0.25) is 0 Å². The zero-order chi connectivity index (χ0) is 13.0. The molecule has 3 N–H and O–H groups in total. The third-order valence-electron chi connectivity index (χ3n) is 2.34. The Morgan fingerprint density at radius 2 is 1.94 bits per heavy atom. The number of hydrogen-bond donors (Lipinski definition) is 2. The highest BCUT2D eigenvalue weighted by Gasteiger charge is 2.06. The van der Waals surface area contributed by atoms with E-state index in [-0.39, 0.29) is 0 Å². The first-order valence-corrected chi connectivity index (χ1v) is 5.29. The van der Waals surface area contributed by atoms with Crippen molar-refractivity contribution in [2.75, 3.05) is 25.3 Å². The number of benzene rings is 1. The molecule has 2 aromatic rings. The molecule has 0 bridgehead atoms. The van der Waals surface area contributed by atoms with E-state index in [4.69, 9.17) is 15.2 Å². The molecular weight excluding hydrogens is 232 g/mol. The number of nitrogens with two attached hydrogens (primary N) is 1. The largest absolute Gasteiger partial charge is 0.497 e. The number of nitrogens with one attached hydrogen (secondary N) is 1. The minimum absolute atomic E-state index is 0.373. The fraction of sp³-hybridized carbons (Fsp3) is 0.167. The van der Waals surface area contributed by atoms with Crippen molar-refractivity contribution in [3.63, 3.8) is 0 Å². The van der Waals surface area contributed by atoms with Crippen LogP contribution >= 0.6 is 0 Å². The van der Waals surface area contributed by atoms with Crippen LogP contribution in [-0.2, 0) is 0 Å². The van der Waals surface area contributed by atoms with E-state index in [1.54, 1.807) is 20.4 Å². The summed E-state index contributed by atoms with van der Waals surface area (Å²) in [5.41, 5.74) is 6.22. The van der Waals surface area contributed by atoms with Crippen LogP contribution < -0.4 is 20.5 Å². The first-order valence-electron chi connectivity index (χ1n) is 5.29. The average Bonchev–Trinajstić information content (AvgIpc) is 2.41. The minimum atomic E-state index is 0.373. The van der Waals surface area contributed by atoms with E-state index >= 15 is 0 Å². The topological polar surface area (TPSA) is 82.3 Å². The highest BCUT2D eigenvalue weighted by Crippen LogP contribution is 2.30. The quantitative estimate of drug-likeness (QED) is 0.856. The number of aromatic nitrogens is 2. The van der Waals surface area contributed by atoms with Crippen molar-refractivity contribution in [3.8, 4) is 11.5 Å². The summed E-state index contributed by atoms with van der Waals surface area (Å²) >= 11 is 0. The number of rotatable bonds is 4. The Labute approximate surface area is 105 Å². The van der Waals surface area contributed by atoms with Gasteiger partial charge in [-0.1, -0.05) is 0 Å². The summed E-state index contributed by atoms with van der Waals surface area (Å²) in [5, 5.41) is 3.09. The Morgan fingerprint density at radius 3 is 2.56 bits per heavy atom. The summed E-state index contributed by atoms with van der Waals surface area (Å²) in [6.45, 7) is 0. The number of anilines is 3. The molecule has 0 saturated heterocycles. The maximum atomic E-state index is 5.48. The SMILES string of the molecule is COc1ccc(OC)c(Nc2cnc(N)cn2)c1. The van der Waals surface area contributed by atoms with Crippen LogP contribution in [0.3, 0.4) is 0 Å². The molecular formula is C12H14N4O2. The van der Waals surface area contributed by atoms with Crippen molar-refractivity contribution in [2.24, 2.45) is 0 Å². The molecule has 2 rings (SSSR count). The zero-order valence-corrected chi connectivity index (χ0v) is 10.2. The molecule has 0 spiro atoms. The fourth-order valence-corrected chi connectivity index (χ4v) is 1.45. The van der Waals surface area contributed by atoms with Crippen LogP contribution in [0.25, 0.3) is 0 Å². The molecule has 0 radical (unpaired) electrons. The van der Waals surface area contributed by atoms with Gasteiger partial charge in [0.1, 0.15) is 23.1 Å². The van der Waals surface area contributed by atoms with Gasteiger partial charge in [0.25, 0.3) is 0 Å². The van der Waals surface area contributed by atoms with Crippen molar-refractivity contribution in [1.82, 2.24) is 9.97 Å². The Bertz CT molecular complexity index is 528. The van der Waals surface area contributed by atoms with Gasteiger partial charge >= 0.3 is 0 Å². The number of hydrogen-bond acceptors (Lipinski definition) is 6. The maximum Gasteiger partial charge on any atom is 0.149 e. The fourth-order valence-electron chi connectivity index (χ4n) is 1.45. The van der Waals surface area contributed by atoms with E-state index in [1.807, 2.05) is 18.2 Å². The summed E-state index contributed by atoms with van der Waals surface area (Å²) in [7, 11) is 3.20. The second-order valence-electron chi connectivity index (χ2n) is 3.52. The molecule has 0 atom stereocenters. The highest BCUT2D eigenvalue weighted by atomic mass is 16.5. The van der Waals surface area contributed by atoms with Crippen LogP contribution in [0.2, 0.25) is 0 Å². The molecule has 0 aliphatic carbocycles. The van der Waals surface area contributed by atoms with Crippen molar-refractivity contribution >= 4 is 17.3 Å². The monoisotopic (exact) mass is 246 g/mol. The van der Waals surface area contributed by atoms with Crippen LogP contribution in [0, 0.1) is 0 Å². The zero-order valence-electron chi connectivity index (χ0n) is 10.2. The van der Waals surface area contributed by atoms with Gasteiger partial charge < -0.3 is 20.5 Å². The van der Waals surface area contributed by atoms with E-state index in [0.717, 1.165) is 11.4 Å². The van der Waals surface area contributed by atoms with E-state index in [1.165, 1.54) is 6.20 Å². The van der Waals surface area contributed by atoms with Crippen molar-refractivity contribution in [1.29, 1.82) is 0 Å². The number of ether oxygens (including phenoxy) is 2. The van der Waals surface area contributed by atoms with Crippen LogP contribution in [0.15, 0.2) is 30.6 Å². The van der Waals surface area contributed by atoms with E-state index in [9.17, 15) is 0 Å². The lowest BCUT2D eigenvalue weighted by atomic mass is 10.2. The van der Waals surface area contributed by atoms with E-state index < -0.39 is 0 Å². The van der Waals surface area contributed by atoms with Gasteiger partial charge in [0.2, 0.25) is 0 Å². The van der Waals surface area contributed by atoms with Gasteiger partial charge in [-0.15, -0.1) is 0 Å². The first kappa shape index (κ1) is 12.0. The summed E-state index contributed by atoms with van der Waals surface area (Å²) in [5.74, 6) is 2.37. The van der Waals surface area contributed by atoms with E-state index in [0.29, 0.717) is 17.4 Å². The van der Waals surface area contributed by atoms with E-state index in [2.05, 4.69) is 15.3 Å². The van der Waals surface area contributed by atoms with Crippen molar-refractivity contribution in [3.05, 3.63) is 30.6 Å². The van der Waals surface area contributed by atoms with Crippen molar-refractivity contribution in [2.45, 2.75) is 0 Å². The summed E-state index contributed by atoms with van der Waals surface area (Å²) in [4.78, 5) is 8.06. The molecule has 0 amide bonds. The Kier molecular flexibility index (Phi) is 3.47. The molecule has 0 unspecified atom stereocenters. The van der Waals surface area contributed by atoms with Gasteiger partial charge in [-0.2, -0.15) is 0 Å². The molecule has 6 nitrogen and oxygen atoms in total. The highest BCUT2D eigenvalue weighted by molar-refractivity contribution is 5.66. The second kappa shape index (κ2) is 5.22. The normalized spacial score (nSPS) is 9.89. The lowest BCUT2D eigenvalue weighted by Crippen LogP contribution is -1.99. The molecule has 1 heterocycles. The Morgan fingerprint density at radius 1 is 1.11 bits per heavy atom. The van der Waals surface area contributed by atoms with Crippen molar-refractivity contribution < 1.29 is 9.47 Å². The predicted molar refractivity (Wildman–Crippen MR) is 69.3 cm³/mol. The second-order valence-corrected chi connectivity index (χ2v) is 3.52.